The van der Waals surface area contributed by atoms with Gasteiger partial charge >= 0.3 is 5.51 Å². The highest BCUT2D eigenvalue weighted by atomic mass is 32.2. The van der Waals surface area contributed by atoms with E-state index < -0.39 is 5.51 Å². The minimum absolute atomic E-state index is 0.0173. The normalized spacial score (nSPS) is 22.5. The van der Waals surface area contributed by atoms with E-state index in [0.717, 1.165) is 0 Å². The van der Waals surface area contributed by atoms with Crippen molar-refractivity contribution in [1.82, 2.24) is 10.6 Å². The Bertz CT molecular complexity index is 210. The molecule has 1 atom stereocenters. The summed E-state index contributed by atoms with van der Waals surface area (Å²) >= 11 is -0.0501. The Balaban J connectivity index is 2.02. The van der Waals surface area contributed by atoms with Crippen LogP contribution in [0.25, 0.3) is 0 Å². The standard InChI is InChI=1S/C7H11F3N2OS/c8-7(9,10)14-2-1-11-5-3-6(13)12-4-5/h5,11H,1-4H2,(H,12,13). The molecule has 0 saturated carbocycles. The van der Waals surface area contributed by atoms with Crippen LogP contribution in [0.4, 0.5) is 13.2 Å². The van der Waals surface area contributed by atoms with Crippen molar-refractivity contribution in [2.75, 3.05) is 18.8 Å². The SMILES string of the molecule is O=C1CC(NCCSC(F)(F)F)CN1. The first-order valence-electron chi connectivity index (χ1n) is 4.18. The van der Waals surface area contributed by atoms with Gasteiger partial charge in [-0.3, -0.25) is 4.79 Å². The first kappa shape index (κ1) is 11.6. The average Bonchev–Trinajstić information content (AvgIpc) is 2.44. The fourth-order valence-corrected chi connectivity index (χ4v) is 1.63. The fraction of sp³-hybridized carbons (Fsp3) is 0.857. The highest BCUT2D eigenvalue weighted by Gasteiger charge is 2.27. The summed E-state index contributed by atoms with van der Waals surface area (Å²) in [5.74, 6) is -0.0697. The zero-order valence-electron chi connectivity index (χ0n) is 7.36. The predicted octanol–water partition coefficient (Wildman–Crippen LogP) is 0.718. The van der Waals surface area contributed by atoms with Crippen molar-refractivity contribution in [1.29, 1.82) is 0 Å². The van der Waals surface area contributed by atoms with Gasteiger partial charge in [0.1, 0.15) is 0 Å². The van der Waals surface area contributed by atoms with Gasteiger partial charge in [0.15, 0.2) is 0 Å². The first-order chi connectivity index (χ1) is 6.47. The number of alkyl halides is 3. The number of amides is 1. The van der Waals surface area contributed by atoms with Crippen LogP contribution in [-0.2, 0) is 4.79 Å². The van der Waals surface area contributed by atoms with Crippen molar-refractivity contribution in [3.63, 3.8) is 0 Å². The molecule has 1 heterocycles. The summed E-state index contributed by atoms with van der Waals surface area (Å²) in [6.45, 7) is 0.777. The minimum Gasteiger partial charge on any atom is -0.354 e. The maximum Gasteiger partial charge on any atom is 0.441 e. The van der Waals surface area contributed by atoms with Crippen LogP contribution in [0.2, 0.25) is 0 Å². The zero-order chi connectivity index (χ0) is 10.6. The van der Waals surface area contributed by atoms with E-state index in [4.69, 9.17) is 0 Å². The number of thioether (sulfide) groups is 1. The van der Waals surface area contributed by atoms with Gasteiger partial charge in [-0.15, -0.1) is 0 Å². The molecule has 1 aliphatic heterocycles. The van der Waals surface area contributed by atoms with E-state index >= 15 is 0 Å². The van der Waals surface area contributed by atoms with Gasteiger partial charge in [0.25, 0.3) is 0 Å². The molecule has 1 saturated heterocycles. The van der Waals surface area contributed by atoms with Gasteiger partial charge in [-0.1, -0.05) is 0 Å². The topological polar surface area (TPSA) is 41.1 Å². The third kappa shape index (κ3) is 4.71. The predicted molar refractivity (Wildman–Crippen MR) is 47.9 cm³/mol. The molecule has 14 heavy (non-hydrogen) atoms. The summed E-state index contributed by atoms with van der Waals surface area (Å²) in [4.78, 5) is 10.7. The van der Waals surface area contributed by atoms with E-state index in [2.05, 4.69) is 10.6 Å². The summed E-state index contributed by atoms with van der Waals surface area (Å²) in [6, 6.07) is -0.0173. The quantitative estimate of drug-likeness (QED) is 0.696. The van der Waals surface area contributed by atoms with Crippen molar-refractivity contribution in [3.05, 3.63) is 0 Å². The van der Waals surface area contributed by atoms with E-state index in [1.807, 2.05) is 0 Å². The lowest BCUT2D eigenvalue weighted by Gasteiger charge is -2.10. The molecule has 0 aliphatic carbocycles. The molecule has 0 aromatic rings. The Kier molecular flexibility index (Phi) is 4.06. The smallest absolute Gasteiger partial charge is 0.354 e. The molecule has 7 heteroatoms. The highest BCUT2D eigenvalue weighted by Crippen LogP contribution is 2.29. The highest BCUT2D eigenvalue weighted by molar-refractivity contribution is 8.00. The molecule has 1 fully saturated rings. The van der Waals surface area contributed by atoms with Gasteiger partial charge in [-0.05, 0) is 11.8 Å². The van der Waals surface area contributed by atoms with Gasteiger partial charge in [0.2, 0.25) is 5.91 Å². The molecule has 2 N–H and O–H groups in total. The minimum atomic E-state index is -4.16. The average molecular weight is 228 g/mol. The summed E-state index contributed by atoms with van der Waals surface area (Å²) in [7, 11) is 0. The summed E-state index contributed by atoms with van der Waals surface area (Å²) in [6.07, 6.45) is 0.358. The lowest BCUT2D eigenvalue weighted by atomic mass is 10.2. The lowest BCUT2D eigenvalue weighted by molar-refractivity contribution is -0.119. The van der Waals surface area contributed by atoms with Crippen LogP contribution in [0.1, 0.15) is 6.42 Å². The molecule has 0 radical (unpaired) electrons. The Morgan fingerprint density at radius 3 is 2.79 bits per heavy atom. The van der Waals surface area contributed by atoms with Crippen molar-refractivity contribution in [3.8, 4) is 0 Å². The van der Waals surface area contributed by atoms with E-state index in [1.54, 1.807) is 0 Å². The monoisotopic (exact) mass is 228 g/mol. The number of carbonyl (C=O) groups excluding carboxylic acids is 1. The molecule has 82 valence electrons. The van der Waals surface area contributed by atoms with Crippen LogP contribution in [0.5, 0.6) is 0 Å². The molecule has 1 unspecified atom stereocenters. The van der Waals surface area contributed by atoms with Crippen molar-refractivity contribution >= 4 is 17.7 Å². The Labute approximate surface area is 83.8 Å². The zero-order valence-corrected chi connectivity index (χ0v) is 8.17. The molecule has 1 amide bonds. The Morgan fingerprint density at radius 2 is 2.29 bits per heavy atom. The van der Waals surface area contributed by atoms with E-state index in [0.29, 0.717) is 13.0 Å². The molecule has 0 spiro atoms. The van der Waals surface area contributed by atoms with Crippen molar-refractivity contribution in [2.45, 2.75) is 18.0 Å². The first-order valence-corrected chi connectivity index (χ1v) is 5.17. The van der Waals surface area contributed by atoms with Gasteiger partial charge in [0.05, 0.1) is 0 Å². The van der Waals surface area contributed by atoms with Crippen LogP contribution >= 0.6 is 11.8 Å². The van der Waals surface area contributed by atoms with Crippen molar-refractivity contribution < 1.29 is 18.0 Å². The summed E-state index contributed by atoms with van der Waals surface area (Å²) in [5, 5.41) is 5.48. The summed E-state index contributed by atoms with van der Waals surface area (Å²) < 4.78 is 35.1. The number of rotatable bonds is 4. The van der Waals surface area contributed by atoms with Crippen LogP contribution in [-0.4, -0.2) is 36.3 Å². The van der Waals surface area contributed by atoms with E-state index in [9.17, 15) is 18.0 Å². The molecular weight excluding hydrogens is 217 g/mol. The summed E-state index contributed by atoms with van der Waals surface area (Å²) in [5.41, 5.74) is -4.16. The largest absolute Gasteiger partial charge is 0.441 e. The Hall–Kier alpha value is -0.430. The number of halogens is 3. The molecular formula is C7H11F3N2OS. The molecule has 3 nitrogen and oxygen atoms in total. The third-order valence-electron chi connectivity index (χ3n) is 1.78. The maximum absolute atomic E-state index is 11.7. The maximum atomic E-state index is 11.7. The second-order valence-corrected chi connectivity index (χ2v) is 4.11. The lowest BCUT2D eigenvalue weighted by Crippen LogP contribution is -2.32. The number of carbonyl (C=O) groups is 1. The molecule has 1 rings (SSSR count). The van der Waals surface area contributed by atoms with Crippen molar-refractivity contribution in [2.24, 2.45) is 0 Å². The second kappa shape index (κ2) is 4.88. The second-order valence-electron chi connectivity index (χ2n) is 2.95. The van der Waals surface area contributed by atoms with Gasteiger partial charge < -0.3 is 10.6 Å². The molecule has 0 aromatic carbocycles. The number of hydrogen-bond acceptors (Lipinski definition) is 3. The Morgan fingerprint density at radius 1 is 1.57 bits per heavy atom. The molecule has 0 aromatic heterocycles. The van der Waals surface area contributed by atoms with E-state index in [-0.39, 0.29) is 36.0 Å². The van der Waals surface area contributed by atoms with Gasteiger partial charge in [-0.2, -0.15) is 13.2 Å². The van der Waals surface area contributed by atoms with Crippen LogP contribution < -0.4 is 10.6 Å². The van der Waals surface area contributed by atoms with Crippen LogP contribution in [0, 0.1) is 0 Å². The van der Waals surface area contributed by atoms with Gasteiger partial charge in [-0.25, -0.2) is 0 Å². The molecule has 0 bridgehead atoms. The van der Waals surface area contributed by atoms with E-state index in [1.165, 1.54) is 0 Å². The van der Waals surface area contributed by atoms with Crippen LogP contribution in [0.15, 0.2) is 0 Å². The van der Waals surface area contributed by atoms with Crippen LogP contribution in [0.3, 0.4) is 0 Å². The molecule has 1 aliphatic rings. The number of hydrogen-bond donors (Lipinski definition) is 2. The van der Waals surface area contributed by atoms with Gasteiger partial charge in [0, 0.05) is 31.3 Å². The third-order valence-corrected chi connectivity index (χ3v) is 2.51. The fourth-order valence-electron chi connectivity index (χ4n) is 1.18. The number of nitrogens with one attached hydrogen (secondary N) is 2.